The predicted octanol–water partition coefficient (Wildman–Crippen LogP) is 1.33. The Bertz CT molecular complexity index is 298. The first kappa shape index (κ1) is 13.2. The van der Waals surface area contributed by atoms with E-state index in [1.54, 1.807) is 0 Å². The number of aliphatic hydroxyl groups is 2. The number of hydrogen-bond donors (Lipinski definition) is 3. The first-order valence-corrected chi connectivity index (χ1v) is 5.59. The molecule has 0 aliphatic carbocycles. The lowest BCUT2D eigenvalue weighted by Gasteiger charge is -2.26. The van der Waals surface area contributed by atoms with Crippen LogP contribution < -0.4 is 5.32 Å². The summed E-state index contributed by atoms with van der Waals surface area (Å²) in [5.74, 6) is 0. The van der Waals surface area contributed by atoms with Gasteiger partial charge in [0.15, 0.2) is 0 Å². The molecule has 16 heavy (non-hydrogen) atoms. The van der Waals surface area contributed by atoms with Gasteiger partial charge in [-0.25, -0.2) is 0 Å². The van der Waals surface area contributed by atoms with Crippen LogP contribution in [0.15, 0.2) is 30.3 Å². The highest BCUT2D eigenvalue weighted by atomic mass is 16.3. The maximum Gasteiger partial charge on any atom is 0.0626 e. The van der Waals surface area contributed by atoms with Crippen LogP contribution in [0.2, 0.25) is 0 Å². The predicted molar refractivity (Wildman–Crippen MR) is 65.1 cm³/mol. The molecular formula is C13H21NO2. The smallest absolute Gasteiger partial charge is 0.0626 e. The zero-order chi connectivity index (χ0) is 12.0. The largest absolute Gasteiger partial charge is 0.396 e. The molecule has 0 saturated carbocycles. The molecule has 1 aromatic rings. The fraction of sp³-hybridized carbons (Fsp3) is 0.538. The van der Waals surface area contributed by atoms with E-state index in [2.05, 4.69) is 5.32 Å². The highest BCUT2D eigenvalue weighted by Crippen LogP contribution is 2.16. The second-order valence-corrected chi connectivity index (χ2v) is 4.85. The van der Waals surface area contributed by atoms with Crippen molar-refractivity contribution in [1.82, 2.24) is 5.32 Å². The molecule has 90 valence electrons. The van der Waals surface area contributed by atoms with E-state index in [0.717, 1.165) is 5.56 Å². The first-order chi connectivity index (χ1) is 7.59. The Morgan fingerprint density at radius 1 is 1.19 bits per heavy atom. The van der Waals surface area contributed by atoms with Crippen LogP contribution in [0.3, 0.4) is 0 Å². The van der Waals surface area contributed by atoms with Crippen molar-refractivity contribution in [3.05, 3.63) is 35.9 Å². The Balaban J connectivity index is 2.57. The molecule has 1 rings (SSSR count). The summed E-state index contributed by atoms with van der Waals surface area (Å²) in [7, 11) is 0. The van der Waals surface area contributed by atoms with Gasteiger partial charge in [-0.2, -0.15) is 0 Å². The molecule has 0 aliphatic heterocycles. The van der Waals surface area contributed by atoms with Crippen LogP contribution in [0.1, 0.15) is 25.5 Å². The number of aliphatic hydroxyl groups excluding tert-OH is 2. The topological polar surface area (TPSA) is 52.5 Å². The van der Waals surface area contributed by atoms with Crippen LogP contribution in [0.4, 0.5) is 0 Å². The van der Waals surface area contributed by atoms with Crippen molar-refractivity contribution < 1.29 is 10.2 Å². The van der Waals surface area contributed by atoms with Crippen molar-refractivity contribution in [2.24, 2.45) is 5.41 Å². The summed E-state index contributed by atoms with van der Waals surface area (Å²) < 4.78 is 0. The number of hydrogen-bond acceptors (Lipinski definition) is 3. The third-order valence-corrected chi connectivity index (χ3v) is 2.64. The van der Waals surface area contributed by atoms with E-state index in [1.807, 2.05) is 44.2 Å². The standard InChI is InChI=1S/C13H21NO2/c1-13(2,10-16)9-14-12(8-15)11-6-4-3-5-7-11/h3-7,12,14-16H,8-10H2,1-2H3/t12-/m1/s1. The maximum absolute atomic E-state index is 9.32. The minimum absolute atomic E-state index is 0.0610. The van der Waals surface area contributed by atoms with Gasteiger partial charge in [-0.05, 0) is 5.56 Å². The van der Waals surface area contributed by atoms with Gasteiger partial charge in [-0.15, -0.1) is 0 Å². The van der Waals surface area contributed by atoms with E-state index in [0.29, 0.717) is 6.54 Å². The second-order valence-electron chi connectivity index (χ2n) is 4.85. The van der Waals surface area contributed by atoms with Gasteiger partial charge in [0.1, 0.15) is 0 Å². The van der Waals surface area contributed by atoms with Crippen LogP contribution in [0.5, 0.6) is 0 Å². The molecule has 3 N–H and O–H groups in total. The van der Waals surface area contributed by atoms with E-state index in [1.165, 1.54) is 0 Å². The molecule has 0 unspecified atom stereocenters. The number of benzene rings is 1. The van der Waals surface area contributed by atoms with Gasteiger partial charge < -0.3 is 15.5 Å². The summed E-state index contributed by atoms with van der Waals surface area (Å²) in [5.41, 5.74) is 0.904. The summed E-state index contributed by atoms with van der Waals surface area (Å²) in [5, 5.41) is 21.7. The minimum atomic E-state index is -0.164. The lowest BCUT2D eigenvalue weighted by Crippen LogP contribution is -2.35. The van der Waals surface area contributed by atoms with Crippen molar-refractivity contribution in [3.63, 3.8) is 0 Å². The van der Waals surface area contributed by atoms with Gasteiger partial charge in [-0.1, -0.05) is 44.2 Å². The van der Waals surface area contributed by atoms with Crippen LogP contribution in [-0.2, 0) is 0 Å². The normalized spacial score (nSPS) is 13.8. The van der Waals surface area contributed by atoms with Crippen molar-refractivity contribution in [1.29, 1.82) is 0 Å². The van der Waals surface area contributed by atoms with E-state index < -0.39 is 0 Å². The Labute approximate surface area is 97.1 Å². The van der Waals surface area contributed by atoms with Gasteiger partial charge in [0.05, 0.1) is 12.6 Å². The molecule has 3 heteroatoms. The van der Waals surface area contributed by atoms with E-state index in [-0.39, 0.29) is 24.7 Å². The Morgan fingerprint density at radius 2 is 1.81 bits per heavy atom. The van der Waals surface area contributed by atoms with Gasteiger partial charge >= 0.3 is 0 Å². The van der Waals surface area contributed by atoms with E-state index in [4.69, 9.17) is 5.11 Å². The average Bonchev–Trinajstić information content (AvgIpc) is 2.31. The quantitative estimate of drug-likeness (QED) is 0.682. The van der Waals surface area contributed by atoms with Crippen molar-refractivity contribution >= 4 is 0 Å². The summed E-state index contributed by atoms with van der Waals surface area (Å²) in [6.45, 7) is 4.83. The number of nitrogens with one attached hydrogen (secondary N) is 1. The molecule has 0 amide bonds. The molecule has 0 bridgehead atoms. The molecule has 0 spiro atoms. The second kappa shape index (κ2) is 5.99. The molecule has 0 radical (unpaired) electrons. The van der Waals surface area contributed by atoms with Crippen molar-refractivity contribution in [2.45, 2.75) is 19.9 Å². The van der Waals surface area contributed by atoms with Crippen LogP contribution >= 0.6 is 0 Å². The molecule has 0 aromatic heterocycles. The van der Waals surface area contributed by atoms with Gasteiger partial charge in [0.2, 0.25) is 0 Å². The highest BCUT2D eigenvalue weighted by Gasteiger charge is 2.18. The van der Waals surface area contributed by atoms with Crippen LogP contribution in [0, 0.1) is 5.41 Å². The minimum Gasteiger partial charge on any atom is -0.396 e. The Kier molecular flexibility index (Phi) is 4.93. The van der Waals surface area contributed by atoms with Gasteiger partial charge in [-0.3, -0.25) is 0 Å². The first-order valence-electron chi connectivity index (χ1n) is 5.59. The van der Waals surface area contributed by atoms with Crippen molar-refractivity contribution in [3.8, 4) is 0 Å². The molecule has 0 aliphatic rings. The Morgan fingerprint density at radius 3 is 2.31 bits per heavy atom. The van der Waals surface area contributed by atoms with Crippen LogP contribution in [-0.4, -0.2) is 30.0 Å². The van der Waals surface area contributed by atoms with Crippen molar-refractivity contribution in [2.75, 3.05) is 19.8 Å². The summed E-state index contributed by atoms with van der Waals surface area (Å²) >= 11 is 0. The number of rotatable bonds is 6. The van der Waals surface area contributed by atoms with E-state index in [9.17, 15) is 5.11 Å². The molecule has 3 nitrogen and oxygen atoms in total. The monoisotopic (exact) mass is 223 g/mol. The molecule has 0 fully saturated rings. The molecule has 0 heterocycles. The molecule has 0 saturated heterocycles. The van der Waals surface area contributed by atoms with Gasteiger partial charge in [0.25, 0.3) is 0 Å². The fourth-order valence-electron chi connectivity index (χ4n) is 1.43. The molecule has 1 aromatic carbocycles. The Hall–Kier alpha value is -0.900. The zero-order valence-electron chi connectivity index (χ0n) is 9.98. The fourth-order valence-corrected chi connectivity index (χ4v) is 1.43. The molecular weight excluding hydrogens is 202 g/mol. The SMILES string of the molecule is CC(C)(CO)CN[C@H](CO)c1ccccc1. The summed E-state index contributed by atoms with van der Waals surface area (Å²) in [6.07, 6.45) is 0. The lowest BCUT2D eigenvalue weighted by atomic mass is 9.94. The summed E-state index contributed by atoms with van der Waals surface area (Å²) in [6, 6.07) is 9.77. The van der Waals surface area contributed by atoms with Gasteiger partial charge in [0, 0.05) is 18.6 Å². The average molecular weight is 223 g/mol. The maximum atomic E-state index is 9.32. The lowest BCUT2D eigenvalue weighted by molar-refractivity contribution is 0.145. The molecule has 1 atom stereocenters. The third kappa shape index (κ3) is 3.93. The summed E-state index contributed by atoms with van der Waals surface area (Å²) in [4.78, 5) is 0. The zero-order valence-corrected chi connectivity index (χ0v) is 9.98. The van der Waals surface area contributed by atoms with Crippen LogP contribution in [0.25, 0.3) is 0 Å². The van der Waals surface area contributed by atoms with E-state index >= 15 is 0 Å². The highest BCUT2D eigenvalue weighted by molar-refractivity contribution is 5.18. The third-order valence-electron chi connectivity index (χ3n) is 2.64.